The molecule has 6 rings (SSSR count). The summed E-state index contributed by atoms with van der Waals surface area (Å²) in [4.78, 5) is 27.4. The maximum Gasteiger partial charge on any atom is 0.229 e. The van der Waals surface area contributed by atoms with Crippen molar-refractivity contribution in [1.82, 2.24) is 5.32 Å². The van der Waals surface area contributed by atoms with Crippen LogP contribution in [-0.2, 0) is 9.59 Å². The Labute approximate surface area is 149 Å². The van der Waals surface area contributed by atoms with E-state index in [-0.39, 0.29) is 23.3 Å². The molecule has 0 aromatic heterocycles. The summed E-state index contributed by atoms with van der Waals surface area (Å²) in [5.74, 6) is 2.65. The standard InChI is InChI=1S/C21H26N2O2/c24-19-9-17(13-23(19)18-4-2-1-3-5-18)22-20(25)21-10-14-6-15(11-21)8-16(7-14)12-21/h1-5,14-17H,6-13H2,(H,22,25)/t14?,15?,16?,17-,21?/m1/s1. The minimum Gasteiger partial charge on any atom is -0.351 e. The first-order chi connectivity index (χ1) is 12.1. The Morgan fingerprint density at radius 1 is 1.00 bits per heavy atom. The molecule has 2 amide bonds. The summed E-state index contributed by atoms with van der Waals surface area (Å²) in [5, 5.41) is 3.26. The maximum absolute atomic E-state index is 13.2. The number of hydrogen-bond donors (Lipinski definition) is 1. The van der Waals surface area contributed by atoms with Crippen LogP contribution in [0.4, 0.5) is 5.69 Å². The number of carbonyl (C=O) groups is 2. The summed E-state index contributed by atoms with van der Waals surface area (Å²) in [6.45, 7) is 0.598. The van der Waals surface area contributed by atoms with Gasteiger partial charge in [-0.3, -0.25) is 9.59 Å². The van der Waals surface area contributed by atoms with Crippen LogP contribution in [-0.4, -0.2) is 24.4 Å². The molecule has 0 radical (unpaired) electrons. The molecule has 5 fully saturated rings. The normalized spacial score (nSPS) is 39.0. The van der Waals surface area contributed by atoms with E-state index in [1.807, 2.05) is 35.2 Å². The highest BCUT2D eigenvalue weighted by Gasteiger charge is 2.55. The van der Waals surface area contributed by atoms with Crippen LogP contribution in [0.15, 0.2) is 30.3 Å². The molecule has 4 nitrogen and oxygen atoms in total. The van der Waals surface area contributed by atoms with Crippen molar-refractivity contribution in [3.63, 3.8) is 0 Å². The summed E-state index contributed by atoms with van der Waals surface area (Å²) < 4.78 is 0. The van der Waals surface area contributed by atoms with Gasteiger partial charge in [0.25, 0.3) is 0 Å². The molecule has 4 heteroatoms. The fourth-order valence-electron chi connectivity index (χ4n) is 6.39. The van der Waals surface area contributed by atoms with E-state index >= 15 is 0 Å². The molecule has 25 heavy (non-hydrogen) atoms. The molecular weight excluding hydrogens is 312 g/mol. The number of hydrogen-bond acceptors (Lipinski definition) is 2. The van der Waals surface area contributed by atoms with Crippen molar-refractivity contribution < 1.29 is 9.59 Å². The van der Waals surface area contributed by atoms with Crippen LogP contribution < -0.4 is 10.2 Å². The number of rotatable bonds is 3. The number of benzene rings is 1. The van der Waals surface area contributed by atoms with Crippen molar-refractivity contribution in [3.05, 3.63) is 30.3 Å². The van der Waals surface area contributed by atoms with E-state index < -0.39 is 0 Å². The molecule has 1 aromatic rings. The van der Waals surface area contributed by atoms with E-state index in [4.69, 9.17) is 0 Å². The predicted octanol–water partition coefficient (Wildman–Crippen LogP) is 3.12. The smallest absolute Gasteiger partial charge is 0.229 e. The lowest BCUT2D eigenvalue weighted by molar-refractivity contribution is -0.146. The molecule has 1 N–H and O–H groups in total. The highest BCUT2D eigenvalue weighted by atomic mass is 16.2. The Kier molecular flexibility index (Phi) is 3.44. The molecule has 1 atom stereocenters. The predicted molar refractivity (Wildman–Crippen MR) is 95.9 cm³/mol. The zero-order chi connectivity index (χ0) is 17.0. The Morgan fingerprint density at radius 3 is 2.20 bits per heavy atom. The van der Waals surface area contributed by atoms with E-state index in [9.17, 15) is 9.59 Å². The van der Waals surface area contributed by atoms with Crippen molar-refractivity contribution in [2.45, 2.75) is 51.0 Å². The quantitative estimate of drug-likeness (QED) is 0.920. The van der Waals surface area contributed by atoms with E-state index in [1.165, 1.54) is 19.3 Å². The Balaban J connectivity index is 1.28. The molecule has 1 aliphatic heterocycles. The van der Waals surface area contributed by atoms with Crippen molar-refractivity contribution in [3.8, 4) is 0 Å². The third-order valence-corrected chi connectivity index (χ3v) is 7.05. The monoisotopic (exact) mass is 338 g/mol. The molecule has 5 aliphatic rings. The van der Waals surface area contributed by atoms with Gasteiger partial charge in [0.2, 0.25) is 11.8 Å². The SMILES string of the molecule is O=C1C[C@@H](NC(=O)C23CC4CC(CC(C4)C2)C3)CN1c1ccccc1. The van der Waals surface area contributed by atoms with Gasteiger partial charge >= 0.3 is 0 Å². The first kappa shape index (κ1) is 15.4. The second-order valence-corrected chi connectivity index (χ2v) is 8.91. The first-order valence-electron chi connectivity index (χ1n) is 9.78. The lowest BCUT2D eigenvalue weighted by Crippen LogP contribution is -2.55. The van der Waals surface area contributed by atoms with Crippen LogP contribution >= 0.6 is 0 Å². The average molecular weight is 338 g/mol. The molecule has 0 unspecified atom stereocenters. The van der Waals surface area contributed by atoms with Gasteiger partial charge in [0.15, 0.2) is 0 Å². The molecule has 4 bridgehead atoms. The van der Waals surface area contributed by atoms with Crippen molar-refractivity contribution in [2.75, 3.05) is 11.4 Å². The second-order valence-electron chi connectivity index (χ2n) is 8.91. The summed E-state index contributed by atoms with van der Waals surface area (Å²) in [7, 11) is 0. The minimum absolute atomic E-state index is 0.0480. The number of anilines is 1. The topological polar surface area (TPSA) is 49.4 Å². The Bertz CT molecular complexity index is 664. The zero-order valence-electron chi connectivity index (χ0n) is 14.6. The lowest BCUT2D eigenvalue weighted by Gasteiger charge is -2.55. The third kappa shape index (κ3) is 2.57. The molecule has 1 heterocycles. The van der Waals surface area contributed by atoms with E-state index in [0.29, 0.717) is 13.0 Å². The zero-order valence-corrected chi connectivity index (χ0v) is 14.6. The molecular formula is C21H26N2O2. The van der Waals surface area contributed by atoms with Gasteiger partial charge in [-0.15, -0.1) is 0 Å². The van der Waals surface area contributed by atoms with Gasteiger partial charge in [-0.25, -0.2) is 0 Å². The number of amides is 2. The molecule has 1 saturated heterocycles. The molecule has 1 aromatic carbocycles. The van der Waals surface area contributed by atoms with Crippen molar-refractivity contribution in [1.29, 1.82) is 0 Å². The molecule has 4 saturated carbocycles. The van der Waals surface area contributed by atoms with Crippen LogP contribution in [0.2, 0.25) is 0 Å². The fraction of sp³-hybridized carbons (Fsp3) is 0.619. The van der Waals surface area contributed by atoms with Gasteiger partial charge in [0.05, 0.1) is 6.04 Å². The van der Waals surface area contributed by atoms with Gasteiger partial charge in [-0.05, 0) is 68.4 Å². The maximum atomic E-state index is 13.2. The minimum atomic E-state index is -0.127. The van der Waals surface area contributed by atoms with E-state index in [1.54, 1.807) is 0 Å². The molecule has 4 aliphatic carbocycles. The van der Waals surface area contributed by atoms with Crippen LogP contribution in [0, 0.1) is 23.2 Å². The summed E-state index contributed by atoms with van der Waals surface area (Å²) in [6, 6.07) is 9.72. The van der Waals surface area contributed by atoms with Crippen LogP contribution in [0.5, 0.6) is 0 Å². The van der Waals surface area contributed by atoms with Gasteiger partial charge in [0.1, 0.15) is 0 Å². The van der Waals surface area contributed by atoms with Crippen molar-refractivity contribution >= 4 is 17.5 Å². The fourth-order valence-corrected chi connectivity index (χ4v) is 6.39. The van der Waals surface area contributed by atoms with Gasteiger partial charge < -0.3 is 10.2 Å². The summed E-state index contributed by atoms with van der Waals surface area (Å²) in [5.41, 5.74) is 0.803. The first-order valence-corrected chi connectivity index (χ1v) is 9.78. The Morgan fingerprint density at radius 2 is 1.60 bits per heavy atom. The van der Waals surface area contributed by atoms with Crippen molar-refractivity contribution in [2.24, 2.45) is 23.2 Å². The van der Waals surface area contributed by atoms with Gasteiger partial charge in [0, 0.05) is 24.1 Å². The van der Waals surface area contributed by atoms with Gasteiger partial charge in [-0.2, -0.15) is 0 Å². The lowest BCUT2D eigenvalue weighted by atomic mass is 9.49. The van der Waals surface area contributed by atoms with Crippen LogP contribution in [0.1, 0.15) is 44.9 Å². The highest BCUT2D eigenvalue weighted by Crippen LogP contribution is 2.60. The number of nitrogens with zero attached hydrogens (tertiary/aromatic N) is 1. The largest absolute Gasteiger partial charge is 0.351 e. The van der Waals surface area contributed by atoms with Gasteiger partial charge in [-0.1, -0.05) is 18.2 Å². The third-order valence-electron chi connectivity index (χ3n) is 7.05. The number of nitrogens with one attached hydrogen (secondary N) is 1. The molecule has 0 spiro atoms. The summed E-state index contributed by atoms with van der Waals surface area (Å²) >= 11 is 0. The van der Waals surface area contributed by atoms with E-state index in [0.717, 1.165) is 42.7 Å². The van der Waals surface area contributed by atoms with Crippen LogP contribution in [0.25, 0.3) is 0 Å². The van der Waals surface area contributed by atoms with Crippen LogP contribution in [0.3, 0.4) is 0 Å². The average Bonchev–Trinajstić information content (AvgIpc) is 2.95. The second kappa shape index (κ2) is 5.58. The van der Waals surface area contributed by atoms with E-state index in [2.05, 4.69) is 5.32 Å². The summed E-state index contributed by atoms with van der Waals surface area (Å²) in [6.07, 6.45) is 7.69. The number of carbonyl (C=O) groups excluding carboxylic acids is 2. The number of para-hydroxylation sites is 1. The highest BCUT2D eigenvalue weighted by molar-refractivity contribution is 5.97. The Hall–Kier alpha value is -1.84. The molecule has 132 valence electrons.